The summed E-state index contributed by atoms with van der Waals surface area (Å²) in [5.74, 6) is 0. The largest absolute Gasteiger partial charge is 0.352 e. The van der Waals surface area contributed by atoms with E-state index in [0.717, 1.165) is 24.7 Å². The molecule has 1 fully saturated rings. The van der Waals surface area contributed by atoms with Crippen LogP contribution >= 0.6 is 12.2 Å². The monoisotopic (exact) mass is 367 g/mol. The van der Waals surface area contributed by atoms with Crippen molar-refractivity contribution in [1.29, 1.82) is 0 Å². The third-order valence-corrected chi connectivity index (χ3v) is 2.58. The predicted molar refractivity (Wildman–Crippen MR) is 51.7 cm³/mol. The number of hydrogen-bond acceptors (Lipinski definition) is 1. The Morgan fingerprint density at radius 2 is 2.08 bits per heavy atom. The number of nitrogens with zero attached hydrogens (tertiary/aromatic N) is 2. The maximum absolute atomic E-state index is 5.27. The van der Waals surface area contributed by atoms with Crippen molar-refractivity contribution in [2.75, 3.05) is 26.7 Å². The van der Waals surface area contributed by atoms with Crippen molar-refractivity contribution in [2.45, 2.75) is 19.8 Å². The van der Waals surface area contributed by atoms with E-state index in [-0.39, 0.29) is 21.1 Å². The first-order valence-electron chi connectivity index (χ1n) is 4.25. The summed E-state index contributed by atoms with van der Waals surface area (Å²) < 4.78 is 0. The zero-order valence-electron chi connectivity index (χ0n) is 7.65. The number of thiocarbonyl (C=S) groups is 1. The minimum absolute atomic E-state index is 0. The van der Waals surface area contributed by atoms with Gasteiger partial charge in [-0.1, -0.05) is 6.92 Å². The Hall–Kier alpha value is 0.378. The average Bonchev–Trinajstić information content (AvgIpc) is 1.99. The molecule has 0 saturated carbocycles. The second-order valence-corrected chi connectivity index (χ2v) is 3.41. The third kappa shape index (κ3) is 3.02. The van der Waals surface area contributed by atoms with Crippen LogP contribution in [0.3, 0.4) is 0 Å². The molecule has 1 rings (SSSR count). The fourth-order valence-electron chi connectivity index (χ4n) is 1.41. The van der Waals surface area contributed by atoms with Crippen LogP contribution in [0.2, 0.25) is 0 Å². The molecule has 74 valence electrons. The fourth-order valence-corrected chi connectivity index (χ4v) is 1.68. The molecule has 0 unspecified atom stereocenters. The van der Waals surface area contributed by atoms with Crippen molar-refractivity contribution in [1.82, 2.24) is 9.80 Å². The van der Waals surface area contributed by atoms with Gasteiger partial charge in [0, 0.05) is 47.7 Å². The van der Waals surface area contributed by atoms with Gasteiger partial charge in [-0.3, -0.25) is 0 Å². The first-order valence-corrected chi connectivity index (χ1v) is 4.66. The molecule has 0 amide bonds. The molecule has 0 aromatic rings. The first-order chi connectivity index (χ1) is 5.25. The van der Waals surface area contributed by atoms with Crippen molar-refractivity contribution in [2.24, 2.45) is 0 Å². The summed E-state index contributed by atoms with van der Waals surface area (Å²) in [6.07, 6.45) is 2.44. The summed E-state index contributed by atoms with van der Waals surface area (Å²) in [6, 6.07) is 0. The van der Waals surface area contributed by atoms with E-state index in [1.165, 1.54) is 12.8 Å². The smallest absolute Gasteiger partial charge is 0.171 e. The molecule has 0 N–H and O–H groups in total. The van der Waals surface area contributed by atoms with Gasteiger partial charge in [0.25, 0.3) is 0 Å². The Kier molecular flexibility index (Phi) is 6.11. The van der Waals surface area contributed by atoms with Crippen LogP contribution in [0.5, 0.6) is 0 Å². The average molecular weight is 367 g/mol. The van der Waals surface area contributed by atoms with E-state index in [1.54, 1.807) is 0 Å². The molecule has 0 spiro atoms. The molecule has 2 nitrogen and oxygen atoms in total. The zero-order chi connectivity index (χ0) is 8.27. The van der Waals surface area contributed by atoms with Crippen LogP contribution in [0.15, 0.2) is 0 Å². The summed E-state index contributed by atoms with van der Waals surface area (Å²) in [5, 5.41) is 1.03. The first kappa shape index (κ1) is 12.4. The van der Waals surface area contributed by atoms with Crippen molar-refractivity contribution in [3.63, 3.8) is 0 Å². The van der Waals surface area contributed by atoms with Crippen LogP contribution in [0.25, 0.3) is 0 Å². The minimum Gasteiger partial charge on any atom is -0.352 e. The van der Waals surface area contributed by atoms with Gasteiger partial charge in [-0.15, -0.1) is 0 Å². The van der Waals surface area contributed by atoms with Crippen LogP contribution < -0.4 is 0 Å². The Morgan fingerprint density at radius 3 is 2.67 bits per heavy atom. The molecule has 1 aliphatic rings. The summed E-state index contributed by atoms with van der Waals surface area (Å²) in [7, 11) is 2.07. The topological polar surface area (TPSA) is 6.48 Å². The van der Waals surface area contributed by atoms with E-state index in [2.05, 4.69) is 23.8 Å². The second kappa shape index (κ2) is 5.93. The molecule has 1 saturated heterocycles. The second-order valence-electron chi connectivity index (χ2n) is 3.04. The van der Waals surface area contributed by atoms with Gasteiger partial charge in [0.05, 0.1) is 0 Å². The SMILES string of the molecule is CCCN1CCCN(C)C1=S.[Pt]. The Morgan fingerprint density at radius 1 is 1.42 bits per heavy atom. The van der Waals surface area contributed by atoms with Gasteiger partial charge < -0.3 is 9.80 Å². The summed E-state index contributed by atoms with van der Waals surface area (Å²) in [5.41, 5.74) is 0. The molecule has 4 heteroatoms. The van der Waals surface area contributed by atoms with Crippen molar-refractivity contribution < 1.29 is 21.1 Å². The van der Waals surface area contributed by atoms with E-state index >= 15 is 0 Å². The predicted octanol–water partition coefficient (Wildman–Crippen LogP) is 1.32. The zero-order valence-corrected chi connectivity index (χ0v) is 10.7. The van der Waals surface area contributed by atoms with Crippen molar-refractivity contribution in [3.8, 4) is 0 Å². The molecule has 1 heterocycles. The molecule has 0 aromatic carbocycles. The molecule has 0 aliphatic carbocycles. The summed E-state index contributed by atoms with van der Waals surface area (Å²) in [4.78, 5) is 4.45. The molecule has 12 heavy (non-hydrogen) atoms. The van der Waals surface area contributed by atoms with Crippen LogP contribution in [0, 0.1) is 0 Å². The summed E-state index contributed by atoms with van der Waals surface area (Å²) >= 11 is 5.27. The third-order valence-electron chi connectivity index (χ3n) is 2.01. The van der Waals surface area contributed by atoms with Gasteiger partial charge in [0.1, 0.15) is 0 Å². The molecule has 0 bridgehead atoms. The molecule has 1 aliphatic heterocycles. The Bertz CT molecular complexity index is 150. The summed E-state index contributed by atoms with van der Waals surface area (Å²) in [6.45, 7) is 5.58. The fraction of sp³-hybridized carbons (Fsp3) is 0.875. The van der Waals surface area contributed by atoms with E-state index in [4.69, 9.17) is 12.2 Å². The van der Waals surface area contributed by atoms with Crippen LogP contribution in [-0.2, 0) is 21.1 Å². The number of hydrogen-bond donors (Lipinski definition) is 0. The standard InChI is InChI=1S/C8H16N2S.Pt/c1-3-5-10-7-4-6-9(2)8(10)11;/h3-7H2,1-2H3;. The maximum Gasteiger partial charge on any atom is 0.171 e. The molecule has 0 aromatic heterocycles. The van der Waals surface area contributed by atoms with Gasteiger partial charge in [-0.25, -0.2) is 0 Å². The maximum atomic E-state index is 5.27. The van der Waals surface area contributed by atoms with E-state index in [0.29, 0.717) is 0 Å². The van der Waals surface area contributed by atoms with Gasteiger partial charge in [0.15, 0.2) is 5.11 Å². The quantitative estimate of drug-likeness (QED) is 0.680. The van der Waals surface area contributed by atoms with E-state index in [1.807, 2.05) is 0 Å². The minimum atomic E-state index is 0. The van der Waals surface area contributed by atoms with Gasteiger partial charge >= 0.3 is 0 Å². The van der Waals surface area contributed by atoms with E-state index < -0.39 is 0 Å². The van der Waals surface area contributed by atoms with Crippen LogP contribution in [0.1, 0.15) is 19.8 Å². The van der Waals surface area contributed by atoms with Crippen molar-refractivity contribution in [3.05, 3.63) is 0 Å². The Labute approximate surface area is 94.6 Å². The number of rotatable bonds is 2. The molecule has 0 atom stereocenters. The van der Waals surface area contributed by atoms with Gasteiger partial charge in [-0.2, -0.15) is 0 Å². The molecular weight excluding hydrogens is 351 g/mol. The van der Waals surface area contributed by atoms with E-state index in [9.17, 15) is 0 Å². The Balaban J connectivity index is 0.00000121. The van der Waals surface area contributed by atoms with Crippen LogP contribution in [-0.4, -0.2) is 41.6 Å². The molecule has 0 radical (unpaired) electrons. The molecular formula is C8H16N2PtS. The van der Waals surface area contributed by atoms with Crippen molar-refractivity contribution >= 4 is 17.3 Å². The normalized spacial score (nSPS) is 17.7. The van der Waals surface area contributed by atoms with Gasteiger partial charge in [0.2, 0.25) is 0 Å². The van der Waals surface area contributed by atoms with Gasteiger partial charge in [-0.05, 0) is 25.1 Å². The van der Waals surface area contributed by atoms with Crippen LogP contribution in [0.4, 0.5) is 0 Å².